The number of benzene rings is 2. The van der Waals surface area contributed by atoms with Crippen LogP contribution < -0.4 is 14.8 Å². The number of nitrogens with one attached hydrogen (secondary N) is 2. The van der Waals surface area contributed by atoms with Crippen LogP contribution in [0.15, 0.2) is 48.5 Å². The lowest BCUT2D eigenvalue weighted by atomic mass is 9.98. The Morgan fingerprint density at radius 1 is 1.04 bits per heavy atom. The molecule has 2 N–H and O–H groups in total. The summed E-state index contributed by atoms with van der Waals surface area (Å²) in [5.41, 5.74) is 4.85. The molecule has 0 bridgehead atoms. The van der Waals surface area contributed by atoms with E-state index < -0.39 is 0 Å². The normalized spacial score (nSPS) is 12.1. The zero-order valence-electron chi connectivity index (χ0n) is 15.0. The summed E-state index contributed by atoms with van der Waals surface area (Å²) in [6.07, 6.45) is 0. The highest BCUT2D eigenvalue weighted by atomic mass is 19.1. The Bertz CT molecular complexity index is 1030. The summed E-state index contributed by atoms with van der Waals surface area (Å²) in [7, 11) is 1.81. The van der Waals surface area contributed by atoms with Gasteiger partial charge in [-0.1, -0.05) is 0 Å². The molecular formula is C21H18FN3O2. The average Bonchev–Trinajstić information content (AvgIpc) is 3.15. The van der Waals surface area contributed by atoms with Gasteiger partial charge >= 0.3 is 0 Å². The van der Waals surface area contributed by atoms with Crippen LogP contribution in [0.4, 0.5) is 10.1 Å². The fraction of sp³-hybridized carbons (Fsp3) is 0.143. The highest BCUT2D eigenvalue weighted by Crippen LogP contribution is 2.38. The molecule has 0 amide bonds. The third-order valence-corrected chi connectivity index (χ3v) is 4.45. The first-order valence-corrected chi connectivity index (χ1v) is 8.51. The lowest BCUT2D eigenvalue weighted by Gasteiger charge is -2.16. The van der Waals surface area contributed by atoms with Gasteiger partial charge in [0.15, 0.2) is 11.5 Å². The van der Waals surface area contributed by atoms with Crippen LogP contribution in [0.3, 0.4) is 0 Å². The maximum absolute atomic E-state index is 13.3. The van der Waals surface area contributed by atoms with E-state index in [4.69, 9.17) is 19.9 Å². The SMILES string of the molecule is CNc1cc(-c2ccc(F)cc2)nc(-c2ccc3c(c2)OCO3)c1C(C)=N. The van der Waals surface area contributed by atoms with E-state index >= 15 is 0 Å². The largest absolute Gasteiger partial charge is 0.454 e. The molecule has 0 fully saturated rings. The molecule has 0 radical (unpaired) electrons. The average molecular weight is 363 g/mol. The first kappa shape index (κ1) is 17.0. The van der Waals surface area contributed by atoms with Crippen molar-refractivity contribution < 1.29 is 13.9 Å². The van der Waals surface area contributed by atoms with Crippen LogP contribution in [0, 0.1) is 11.2 Å². The van der Waals surface area contributed by atoms with E-state index in [2.05, 4.69) is 5.32 Å². The first-order chi connectivity index (χ1) is 13.1. The minimum absolute atomic E-state index is 0.194. The fourth-order valence-corrected chi connectivity index (χ4v) is 3.14. The molecule has 2 aromatic carbocycles. The predicted molar refractivity (Wildman–Crippen MR) is 103 cm³/mol. The minimum Gasteiger partial charge on any atom is -0.454 e. The molecule has 6 heteroatoms. The van der Waals surface area contributed by atoms with Gasteiger partial charge in [0, 0.05) is 35.1 Å². The van der Waals surface area contributed by atoms with Crippen LogP contribution in [0.5, 0.6) is 11.5 Å². The van der Waals surface area contributed by atoms with Gasteiger partial charge in [-0.25, -0.2) is 9.37 Å². The Hall–Kier alpha value is -3.41. The van der Waals surface area contributed by atoms with Crippen molar-refractivity contribution in [2.24, 2.45) is 0 Å². The predicted octanol–water partition coefficient (Wildman–Crippen LogP) is 4.71. The fourth-order valence-electron chi connectivity index (χ4n) is 3.14. The lowest BCUT2D eigenvalue weighted by Crippen LogP contribution is -2.06. The maximum Gasteiger partial charge on any atom is 0.231 e. The Morgan fingerprint density at radius 3 is 2.44 bits per heavy atom. The summed E-state index contributed by atoms with van der Waals surface area (Å²) in [5.74, 6) is 1.05. The van der Waals surface area contributed by atoms with Crippen molar-refractivity contribution in [3.63, 3.8) is 0 Å². The second-order valence-corrected chi connectivity index (χ2v) is 6.23. The molecule has 1 aliphatic rings. The van der Waals surface area contributed by atoms with Gasteiger partial charge in [-0.15, -0.1) is 0 Å². The Morgan fingerprint density at radius 2 is 1.74 bits per heavy atom. The second kappa shape index (κ2) is 6.72. The molecule has 1 aliphatic heterocycles. The van der Waals surface area contributed by atoms with Crippen molar-refractivity contribution in [2.75, 3.05) is 19.2 Å². The molecule has 0 spiro atoms. The van der Waals surface area contributed by atoms with Gasteiger partial charge < -0.3 is 20.2 Å². The number of rotatable bonds is 4. The molecule has 0 aliphatic carbocycles. The number of pyridine rings is 1. The van der Waals surface area contributed by atoms with Gasteiger partial charge in [-0.05, 0) is 55.5 Å². The molecule has 0 unspecified atom stereocenters. The number of hydrogen-bond acceptors (Lipinski definition) is 5. The molecule has 0 atom stereocenters. The summed E-state index contributed by atoms with van der Waals surface area (Å²) in [6.45, 7) is 1.92. The number of anilines is 1. The van der Waals surface area contributed by atoms with E-state index in [1.165, 1.54) is 12.1 Å². The molecule has 0 saturated carbocycles. The zero-order valence-corrected chi connectivity index (χ0v) is 15.0. The Labute approximate surface area is 156 Å². The van der Waals surface area contributed by atoms with Crippen molar-refractivity contribution in [1.82, 2.24) is 4.98 Å². The summed E-state index contributed by atoms with van der Waals surface area (Å²) >= 11 is 0. The topological polar surface area (TPSA) is 67.2 Å². The standard InChI is InChI=1S/C21H18FN3O2/c1-12(23)20-17(24-2)10-16(13-3-6-15(22)7-4-13)25-21(20)14-5-8-18-19(9-14)27-11-26-18/h3-10,23H,11H2,1-2H3,(H,24,25). The van der Waals surface area contributed by atoms with Crippen LogP contribution in [-0.2, 0) is 0 Å². The van der Waals surface area contributed by atoms with Crippen molar-refractivity contribution in [3.8, 4) is 34.0 Å². The van der Waals surface area contributed by atoms with Crippen molar-refractivity contribution in [1.29, 1.82) is 5.41 Å². The molecule has 1 aromatic heterocycles. The van der Waals surface area contributed by atoms with Crippen LogP contribution >= 0.6 is 0 Å². The number of fused-ring (bicyclic) bond motifs is 1. The van der Waals surface area contributed by atoms with Crippen LogP contribution in [-0.4, -0.2) is 24.5 Å². The Kier molecular flexibility index (Phi) is 4.24. The van der Waals surface area contributed by atoms with Gasteiger partial charge in [0.2, 0.25) is 6.79 Å². The van der Waals surface area contributed by atoms with Gasteiger partial charge in [0.1, 0.15) is 5.82 Å². The molecule has 3 aromatic rings. The second-order valence-electron chi connectivity index (χ2n) is 6.23. The molecule has 136 valence electrons. The molecule has 5 nitrogen and oxygen atoms in total. The number of halogens is 1. The quantitative estimate of drug-likeness (QED) is 0.659. The lowest BCUT2D eigenvalue weighted by molar-refractivity contribution is 0.174. The van der Waals surface area contributed by atoms with E-state index in [-0.39, 0.29) is 12.6 Å². The van der Waals surface area contributed by atoms with Crippen LogP contribution in [0.2, 0.25) is 0 Å². The van der Waals surface area contributed by atoms with Gasteiger partial charge in [0.05, 0.1) is 11.4 Å². The number of nitrogens with zero attached hydrogens (tertiary/aromatic N) is 1. The van der Waals surface area contributed by atoms with Crippen molar-refractivity contribution in [3.05, 3.63) is 59.9 Å². The summed E-state index contributed by atoms with van der Waals surface area (Å²) in [4.78, 5) is 4.80. The van der Waals surface area contributed by atoms with Crippen molar-refractivity contribution in [2.45, 2.75) is 6.92 Å². The summed E-state index contributed by atoms with van der Waals surface area (Å²) < 4.78 is 24.2. The molecule has 2 heterocycles. The first-order valence-electron chi connectivity index (χ1n) is 8.51. The van der Waals surface area contributed by atoms with E-state index in [0.29, 0.717) is 34.2 Å². The molecule has 0 saturated heterocycles. The van der Waals surface area contributed by atoms with Crippen molar-refractivity contribution >= 4 is 11.4 Å². The smallest absolute Gasteiger partial charge is 0.231 e. The minimum atomic E-state index is -0.296. The van der Waals surface area contributed by atoms with E-state index in [1.54, 1.807) is 26.1 Å². The van der Waals surface area contributed by atoms with E-state index in [0.717, 1.165) is 16.8 Å². The summed E-state index contributed by atoms with van der Waals surface area (Å²) in [6, 6.07) is 13.7. The molecular weight excluding hydrogens is 345 g/mol. The number of aromatic nitrogens is 1. The molecule has 4 rings (SSSR count). The number of ether oxygens (including phenoxy) is 2. The molecule has 27 heavy (non-hydrogen) atoms. The van der Waals surface area contributed by atoms with Gasteiger partial charge in [0.25, 0.3) is 0 Å². The monoisotopic (exact) mass is 363 g/mol. The Balaban J connectivity index is 1.93. The third-order valence-electron chi connectivity index (χ3n) is 4.45. The van der Waals surface area contributed by atoms with Crippen LogP contribution in [0.1, 0.15) is 12.5 Å². The zero-order chi connectivity index (χ0) is 19.0. The van der Waals surface area contributed by atoms with E-state index in [9.17, 15) is 4.39 Å². The number of hydrogen-bond donors (Lipinski definition) is 2. The third kappa shape index (κ3) is 3.10. The van der Waals surface area contributed by atoms with Gasteiger partial charge in [-0.2, -0.15) is 0 Å². The van der Waals surface area contributed by atoms with E-state index in [1.807, 2.05) is 24.3 Å². The highest BCUT2D eigenvalue weighted by Gasteiger charge is 2.20. The van der Waals surface area contributed by atoms with Gasteiger partial charge in [-0.3, -0.25) is 0 Å². The van der Waals surface area contributed by atoms with Crippen LogP contribution in [0.25, 0.3) is 22.5 Å². The summed E-state index contributed by atoms with van der Waals surface area (Å²) in [5, 5.41) is 11.4. The highest BCUT2D eigenvalue weighted by molar-refractivity contribution is 6.07. The maximum atomic E-state index is 13.3.